The van der Waals surface area contributed by atoms with E-state index in [1.54, 1.807) is 18.2 Å². The van der Waals surface area contributed by atoms with Crippen molar-refractivity contribution >= 4 is 5.71 Å². The van der Waals surface area contributed by atoms with Gasteiger partial charge in [-0.1, -0.05) is 12.1 Å². The SMILES string of the molecule is N#CC/C(=N\N)c1ccccc1O. The van der Waals surface area contributed by atoms with Crippen molar-refractivity contribution in [3.05, 3.63) is 29.8 Å². The quantitative estimate of drug-likeness (QED) is 0.399. The van der Waals surface area contributed by atoms with Crippen molar-refractivity contribution in [2.75, 3.05) is 0 Å². The molecule has 1 aromatic carbocycles. The third kappa shape index (κ3) is 1.97. The zero-order valence-corrected chi connectivity index (χ0v) is 6.94. The molecule has 13 heavy (non-hydrogen) atoms. The molecule has 0 aliphatic carbocycles. The van der Waals surface area contributed by atoms with E-state index in [9.17, 15) is 5.11 Å². The van der Waals surface area contributed by atoms with Gasteiger partial charge in [-0.15, -0.1) is 0 Å². The van der Waals surface area contributed by atoms with Crippen LogP contribution >= 0.6 is 0 Å². The Bertz CT molecular complexity index is 365. The number of nitrogens with two attached hydrogens (primary N) is 1. The maximum atomic E-state index is 9.39. The van der Waals surface area contributed by atoms with Crippen LogP contribution in [0.25, 0.3) is 0 Å². The van der Waals surface area contributed by atoms with Crippen molar-refractivity contribution in [2.45, 2.75) is 6.42 Å². The van der Waals surface area contributed by atoms with Crippen LogP contribution in [0.2, 0.25) is 0 Å². The molecule has 4 nitrogen and oxygen atoms in total. The summed E-state index contributed by atoms with van der Waals surface area (Å²) in [5.41, 5.74) is 0.896. The van der Waals surface area contributed by atoms with Crippen LogP contribution in [0.3, 0.4) is 0 Å². The van der Waals surface area contributed by atoms with E-state index in [-0.39, 0.29) is 12.2 Å². The summed E-state index contributed by atoms with van der Waals surface area (Å²) in [6.07, 6.45) is 0.0913. The second kappa shape index (κ2) is 4.12. The van der Waals surface area contributed by atoms with Crippen LogP contribution in [0.1, 0.15) is 12.0 Å². The van der Waals surface area contributed by atoms with E-state index in [2.05, 4.69) is 5.10 Å². The Morgan fingerprint density at radius 1 is 1.54 bits per heavy atom. The lowest BCUT2D eigenvalue weighted by atomic mass is 10.1. The maximum Gasteiger partial charge on any atom is 0.124 e. The number of hydrogen-bond donors (Lipinski definition) is 2. The Labute approximate surface area is 75.9 Å². The minimum Gasteiger partial charge on any atom is -0.507 e. The molecule has 0 aliphatic heterocycles. The summed E-state index contributed by atoms with van der Waals surface area (Å²) in [7, 11) is 0. The monoisotopic (exact) mass is 175 g/mol. The summed E-state index contributed by atoms with van der Waals surface area (Å²) >= 11 is 0. The highest BCUT2D eigenvalue weighted by molar-refractivity contribution is 6.03. The minimum absolute atomic E-state index is 0.0851. The standard InChI is InChI=1S/C9H9N3O/c10-6-5-8(12-11)7-3-1-2-4-9(7)13/h1-4,13H,5,11H2/b12-8+. The molecule has 0 atom stereocenters. The fourth-order valence-corrected chi connectivity index (χ4v) is 1.00. The molecule has 1 rings (SSSR count). The van der Waals surface area contributed by atoms with Crippen molar-refractivity contribution in [3.63, 3.8) is 0 Å². The number of hydrogen-bond acceptors (Lipinski definition) is 4. The molecule has 0 aliphatic rings. The molecule has 0 spiro atoms. The second-order valence-electron chi connectivity index (χ2n) is 2.43. The number of nitrogens with zero attached hydrogens (tertiary/aromatic N) is 2. The zero-order chi connectivity index (χ0) is 9.68. The van der Waals surface area contributed by atoms with Gasteiger partial charge in [0, 0.05) is 5.56 Å². The third-order valence-corrected chi connectivity index (χ3v) is 1.62. The largest absolute Gasteiger partial charge is 0.507 e. The van der Waals surface area contributed by atoms with Gasteiger partial charge in [-0.3, -0.25) is 0 Å². The summed E-state index contributed by atoms with van der Waals surface area (Å²) in [6.45, 7) is 0. The number of rotatable bonds is 2. The van der Waals surface area contributed by atoms with E-state index in [1.165, 1.54) is 6.07 Å². The highest BCUT2D eigenvalue weighted by Crippen LogP contribution is 2.17. The van der Waals surface area contributed by atoms with E-state index < -0.39 is 0 Å². The Balaban J connectivity index is 3.07. The summed E-state index contributed by atoms with van der Waals surface area (Å²) < 4.78 is 0. The molecule has 0 heterocycles. The van der Waals surface area contributed by atoms with Gasteiger partial charge in [0.2, 0.25) is 0 Å². The van der Waals surface area contributed by atoms with Gasteiger partial charge in [0.25, 0.3) is 0 Å². The molecule has 1 aromatic rings. The molecule has 4 heteroatoms. The predicted molar refractivity (Wildman–Crippen MR) is 49.1 cm³/mol. The van der Waals surface area contributed by atoms with Gasteiger partial charge in [-0.25, -0.2) is 0 Å². The molecule has 0 fully saturated rings. The first kappa shape index (κ1) is 9.07. The summed E-state index contributed by atoms with van der Waals surface area (Å²) in [6, 6.07) is 8.55. The Morgan fingerprint density at radius 3 is 2.77 bits per heavy atom. The van der Waals surface area contributed by atoms with Crippen molar-refractivity contribution in [2.24, 2.45) is 10.9 Å². The number of benzene rings is 1. The Morgan fingerprint density at radius 2 is 2.23 bits per heavy atom. The van der Waals surface area contributed by atoms with Gasteiger partial charge in [0.05, 0.1) is 18.2 Å². The summed E-state index contributed by atoms with van der Waals surface area (Å²) in [5.74, 6) is 5.17. The third-order valence-electron chi connectivity index (χ3n) is 1.62. The van der Waals surface area contributed by atoms with E-state index in [0.29, 0.717) is 11.3 Å². The lowest BCUT2D eigenvalue weighted by Gasteiger charge is -2.02. The van der Waals surface area contributed by atoms with Gasteiger partial charge in [-0.05, 0) is 12.1 Å². The van der Waals surface area contributed by atoms with Crippen LogP contribution in [0.4, 0.5) is 0 Å². The molecular formula is C9H9N3O. The molecule has 0 amide bonds. The average Bonchev–Trinajstić information content (AvgIpc) is 2.16. The van der Waals surface area contributed by atoms with E-state index in [0.717, 1.165) is 0 Å². The normalized spacial score (nSPS) is 10.8. The molecule has 0 unspecified atom stereocenters. The Kier molecular flexibility index (Phi) is 2.87. The second-order valence-corrected chi connectivity index (χ2v) is 2.43. The van der Waals surface area contributed by atoms with E-state index in [4.69, 9.17) is 11.1 Å². The van der Waals surface area contributed by atoms with Crippen molar-refractivity contribution in [1.29, 1.82) is 5.26 Å². The molecule has 0 bridgehead atoms. The van der Waals surface area contributed by atoms with Crippen LogP contribution < -0.4 is 5.84 Å². The molecule has 0 aromatic heterocycles. The zero-order valence-electron chi connectivity index (χ0n) is 6.94. The number of para-hydroxylation sites is 1. The van der Waals surface area contributed by atoms with Gasteiger partial charge in [0.15, 0.2) is 0 Å². The molecule has 3 N–H and O–H groups in total. The summed E-state index contributed by atoms with van der Waals surface area (Å²) in [5, 5.41) is 21.3. The molecule has 0 radical (unpaired) electrons. The Hall–Kier alpha value is -2.02. The number of aromatic hydroxyl groups is 1. The lowest BCUT2D eigenvalue weighted by Crippen LogP contribution is -2.03. The smallest absolute Gasteiger partial charge is 0.124 e. The van der Waals surface area contributed by atoms with Crippen molar-refractivity contribution in [1.82, 2.24) is 0 Å². The van der Waals surface area contributed by atoms with Gasteiger partial charge >= 0.3 is 0 Å². The topological polar surface area (TPSA) is 82.4 Å². The molecule has 0 saturated carbocycles. The first-order chi connectivity index (χ1) is 6.29. The number of phenolic OH excluding ortho intramolecular Hbond substituents is 1. The van der Waals surface area contributed by atoms with Crippen molar-refractivity contribution in [3.8, 4) is 11.8 Å². The van der Waals surface area contributed by atoms with Crippen LogP contribution in [0.15, 0.2) is 29.4 Å². The molecular weight excluding hydrogens is 166 g/mol. The van der Waals surface area contributed by atoms with Gasteiger partial charge in [0.1, 0.15) is 5.75 Å². The first-order valence-electron chi connectivity index (χ1n) is 3.71. The minimum atomic E-state index is 0.0851. The fourth-order valence-electron chi connectivity index (χ4n) is 1.00. The highest BCUT2D eigenvalue weighted by atomic mass is 16.3. The van der Waals surface area contributed by atoms with Crippen LogP contribution in [0.5, 0.6) is 5.75 Å². The van der Waals surface area contributed by atoms with Crippen LogP contribution in [-0.4, -0.2) is 10.8 Å². The number of nitriles is 1. The molecule has 0 saturated heterocycles. The fraction of sp³-hybridized carbons (Fsp3) is 0.111. The lowest BCUT2D eigenvalue weighted by molar-refractivity contribution is 0.474. The van der Waals surface area contributed by atoms with Gasteiger partial charge < -0.3 is 10.9 Å². The summed E-state index contributed by atoms with van der Waals surface area (Å²) in [4.78, 5) is 0. The first-order valence-corrected chi connectivity index (χ1v) is 3.71. The van der Waals surface area contributed by atoms with Crippen LogP contribution in [0, 0.1) is 11.3 Å². The number of hydrazone groups is 1. The van der Waals surface area contributed by atoms with Crippen LogP contribution in [-0.2, 0) is 0 Å². The van der Waals surface area contributed by atoms with E-state index in [1.807, 2.05) is 6.07 Å². The average molecular weight is 175 g/mol. The number of phenols is 1. The predicted octanol–water partition coefficient (Wildman–Crippen LogP) is 0.969. The van der Waals surface area contributed by atoms with E-state index >= 15 is 0 Å². The molecule has 66 valence electrons. The van der Waals surface area contributed by atoms with Crippen molar-refractivity contribution < 1.29 is 5.11 Å². The van der Waals surface area contributed by atoms with Gasteiger partial charge in [-0.2, -0.15) is 10.4 Å². The maximum absolute atomic E-state index is 9.39. The highest BCUT2D eigenvalue weighted by Gasteiger charge is 2.06.